The number of alkyl halides is 3. The SMILES string of the molecule is CC(N)c1ccc(N(CC(F)(F)F)C(C)C)c(Br)c1. The Kier molecular flexibility index (Phi) is 5.26. The fourth-order valence-electron chi connectivity index (χ4n) is 1.78. The summed E-state index contributed by atoms with van der Waals surface area (Å²) in [7, 11) is 0. The first-order valence-electron chi connectivity index (χ1n) is 6.00. The Bertz CT molecular complexity index is 430. The van der Waals surface area contributed by atoms with Gasteiger partial charge in [0, 0.05) is 16.6 Å². The Morgan fingerprint density at radius 1 is 1.26 bits per heavy atom. The molecule has 0 amide bonds. The molecule has 108 valence electrons. The van der Waals surface area contributed by atoms with Crippen LogP contribution in [0.1, 0.15) is 32.4 Å². The van der Waals surface area contributed by atoms with Crippen molar-refractivity contribution in [3.63, 3.8) is 0 Å². The standard InChI is InChI=1S/C13H18BrF3N2/c1-8(2)19(7-13(15,16)17)12-5-4-10(9(3)18)6-11(12)14/h4-6,8-9H,7,18H2,1-3H3. The van der Waals surface area contributed by atoms with E-state index in [1.807, 2.05) is 6.92 Å². The molecule has 19 heavy (non-hydrogen) atoms. The van der Waals surface area contributed by atoms with Crippen molar-refractivity contribution >= 4 is 21.6 Å². The molecule has 0 saturated heterocycles. The maximum absolute atomic E-state index is 12.6. The molecule has 0 bridgehead atoms. The number of anilines is 1. The summed E-state index contributed by atoms with van der Waals surface area (Å²) in [5, 5.41) is 0. The molecule has 0 fully saturated rings. The predicted molar refractivity (Wildman–Crippen MR) is 75.3 cm³/mol. The maximum atomic E-state index is 12.6. The molecule has 0 aliphatic rings. The summed E-state index contributed by atoms with van der Waals surface area (Å²) in [5.41, 5.74) is 7.16. The van der Waals surface area contributed by atoms with E-state index >= 15 is 0 Å². The molecule has 0 radical (unpaired) electrons. The van der Waals surface area contributed by atoms with Crippen molar-refractivity contribution in [1.29, 1.82) is 0 Å². The van der Waals surface area contributed by atoms with E-state index in [0.29, 0.717) is 10.2 Å². The van der Waals surface area contributed by atoms with E-state index in [9.17, 15) is 13.2 Å². The van der Waals surface area contributed by atoms with Crippen LogP contribution in [0, 0.1) is 0 Å². The number of benzene rings is 1. The van der Waals surface area contributed by atoms with Gasteiger partial charge in [-0.2, -0.15) is 13.2 Å². The Hall–Kier alpha value is -0.750. The lowest BCUT2D eigenvalue weighted by atomic mass is 10.1. The van der Waals surface area contributed by atoms with E-state index < -0.39 is 12.7 Å². The van der Waals surface area contributed by atoms with Crippen LogP contribution in [-0.4, -0.2) is 18.8 Å². The van der Waals surface area contributed by atoms with Crippen LogP contribution in [-0.2, 0) is 0 Å². The molecule has 1 rings (SSSR count). The minimum atomic E-state index is -4.23. The van der Waals surface area contributed by atoms with Crippen molar-refractivity contribution in [3.05, 3.63) is 28.2 Å². The van der Waals surface area contributed by atoms with E-state index in [1.54, 1.807) is 32.0 Å². The Morgan fingerprint density at radius 2 is 1.84 bits per heavy atom. The summed E-state index contributed by atoms with van der Waals surface area (Å²) in [6, 6.07) is 4.80. The Balaban J connectivity index is 3.10. The highest BCUT2D eigenvalue weighted by Gasteiger charge is 2.32. The van der Waals surface area contributed by atoms with E-state index in [1.165, 1.54) is 4.90 Å². The number of hydrogen-bond acceptors (Lipinski definition) is 2. The highest BCUT2D eigenvalue weighted by molar-refractivity contribution is 9.10. The number of hydrogen-bond donors (Lipinski definition) is 1. The van der Waals surface area contributed by atoms with Crippen molar-refractivity contribution in [2.75, 3.05) is 11.4 Å². The van der Waals surface area contributed by atoms with E-state index in [-0.39, 0.29) is 12.1 Å². The molecule has 0 heterocycles. The maximum Gasteiger partial charge on any atom is 0.405 e. The average molecular weight is 339 g/mol. The molecular weight excluding hydrogens is 321 g/mol. The summed E-state index contributed by atoms with van der Waals surface area (Å²) < 4.78 is 38.5. The summed E-state index contributed by atoms with van der Waals surface area (Å²) >= 11 is 3.33. The molecule has 2 N–H and O–H groups in total. The van der Waals surface area contributed by atoms with Crippen molar-refractivity contribution in [1.82, 2.24) is 0 Å². The molecule has 0 aliphatic heterocycles. The Morgan fingerprint density at radius 3 is 2.21 bits per heavy atom. The normalized spacial score (nSPS) is 13.7. The second-order valence-corrected chi connectivity index (χ2v) is 5.69. The molecule has 6 heteroatoms. The van der Waals surface area contributed by atoms with Gasteiger partial charge in [0.2, 0.25) is 0 Å². The second-order valence-electron chi connectivity index (χ2n) is 4.84. The number of nitrogens with zero attached hydrogens (tertiary/aromatic N) is 1. The first-order chi connectivity index (χ1) is 8.61. The highest BCUT2D eigenvalue weighted by Crippen LogP contribution is 2.32. The number of nitrogens with two attached hydrogens (primary N) is 1. The molecule has 1 unspecified atom stereocenters. The van der Waals surface area contributed by atoms with Gasteiger partial charge in [0.15, 0.2) is 0 Å². The molecule has 0 aromatic heterocycles. The van der Waals surface area contributed by atoms with E-state index in [2.05, 4.69) is 15.9 Å². The molecule has 1 aromatic carbocycles. The van der Waals surface area contributed by atoms with Crippen LogP contribution in [0.15, 0.2) is 22.7 Å². The smallest absolute Gasteiger partial charge is 0.359 e. The fraction of sp³-hybridized carbons (Fsp3) is 0.538. The van der Waals surface area contributed by atoms with Gasteiger partial charge in [0.1, 0.15) is 6.54 Å². The zero-order valence-electron chi connectivity index (χ0n) is 11.1. The van der Waals surface area contributed by atoms with Gasteiger partial charge < -0.3 is 10.6 Å². The summed E-state index contributed by atoms with van der Waals surface area (Å²) in [4.78, 5) is 1.31. The topological polar surface area (TPSA) is 29.3 Å². The lowest BCUT2D eigenvalue weighted by molar-refractivity contribution is -0.120. The lowest BCUT2D eigenvalue weighted by Crippen LogP contribution is -2.39. The third kappa shape index (κ3) is 4.69. The van der Waals surface area contributed by atoms with Gasteiger partial charge in [-0.05, 0) is 54.4 Å². The van der Waals surface area contributed by atoms with Gasteiger partial charge in [-0.25, -0.2) is 0 Å². The molecule has 0 aliphatic carbocycles. The zero-order chi connectivity index (χ0) is 14.8. The van der Waals surface area contributed by atoms with Crippen LogP contribution in [0.2, 0.25) is 0 Å². The summed E-state index contributed by atoms with van der Waals surface area (Å²) in [5.74, 6) is 0. The molecule has 2 nitrogen and oxygen atoms in total. The average Bonchev–Trinajstić information content (AvgIpc) is 2.24. The van der Waals surface area contributed by atoms with Gasteiger partial charge in [-0.1, -0.05) is 6.07 Å². The molecular formula is C13H18BrF3N2. The fourth-order valence-corrected chi connectivity index (χ4v) is 2.40. The van der Waals surface area contributed by atoms with Crippen LogP contribution in [0.3, 0.4) is 0 Å². The van der Waals surface area contributed by atoms with Crippen LogP contribution in [0.25, 0.3) is 0 Å². The molecule has 0 spiro atoms. The zero-order valence-corrected chi connectivity index (χ0v) is 12.7. The van der Waals surface area contributed by atoms with Crippen LogP contribution >= 0.6 is 15.9 Å². The minimum absolute atomic E-state index is 0.152. The van der Waals surface area contributed by atoms with Crippen LogP contribution in [0.5, 0.6) is 0 Å². The number of rotatable bonds is 4. The summed E-state index contributed by atoms with van der Waals surface area (Å²) in [6.07, 6.45) is -4.23. The van der Waals surface area contributed by atoms with Gasteiger partial charge in [0.05, 0.1) is 5.69 Å². The molecule has 0 saturated carbocycles. The van der Waals surface area contributed by atoms with Gasteiger partial charge in [0.25, 0.3) is 0 Å². The van der Waals surface area contributed by atoms with Crippen molar-refractivity contribution in [2.24, 2.45) is 5.73 Å². The largest absolute Gasteiger partial charge is 0.405 e. The quantitative estimate of drug-likeness (QED) is 0.889. The molecule has 1 aromatic rings. The van der Waals surface area contributed by atoms with Crippen molar-refractivity contribution in [2.45, 2.75) is 39.0 Å². The van der Waals surface area contributed by atoms with E-state index in [0.717, 1.165) is 5.56 Å². The van der Waals surface area contributed by atoms with Gasteiger partial charge in [-0.3, -0.25) is 0 Å². The lowest BCUT2D eigenvalue weighted by Gasteiger charge is -2.31. The predicted octanol–water partition coefficient (Wildman–Crippen LogP) is 4.25. The van der Waals surface area contributed by atoms with E-state index in [4.69, 9.17) is 5.73 Å². The monoisotopic (exact) mass is 338 g/mol. The minimum Gasteiger partial charge on any atom is -0.359 e. The number of halogens is 4. The van der Waals surface area contributed by atoms with Crippen molar-refractivity contribution in [3.8, 4) is 0 Å². The van der Waals surface area contributed by atoms with Crippen LogP contribution < -0.4 is 10.6 Å². The highest BCUT2D eigenvalue weighted by atomic mass is 79.9. The van der Waals surface area contributed by atoms with Gasteiger partial charge >= 0.3 is 6.18 Å². The third-order valence-corrected chi connectivity index (χ3v) is 3.42. The van der Waals surface area contributed by atoms with Crippen LogP contribution in [0.4, 0.5) is 18.9 Å². The van der Waals surface area contributed by atoms with Gasteiger partial charge in [-0.15, -0.1) is 0 Å². The van der Waals surface area contributed by atoms with Crippen molar-refractivity contribution < 1.29 is 13.2 Å². The first kappa shape index (κ1) is 16.3. The third-order valence-electron chi connectivity index (χ3n) is 2.78. The summed E-state index contributed by atoms with van der Waals surface area (Å²) in [6.45, 7) is 4.33. The Labute approximate surface area is 119 Å². The second kappa shape index (κ2) is 6.13. The first-order valence-corrected chi connectivity index (χ1v) is 6.79. The molecule has 1 atom stereocenters.